The maximum Gasteiger partial charge on any atom is 0.338 e. The molecule has 0 spiro atoms. The lowest BCUT2D eigenvalue weighted by molar-refractivity contribution is 0.0526. The molecule has 1 aromatic heterocycles. The molecule has 1 saturated heterocycles. The summed E-state index contributed by atoms with van der Waals surface area (Å²) >= 11 is 0. The molecule has 6 heteroatoms. The number of hydrogen-bond acceptors (Lipinski definition) is 5. The first kappa shape index (κ1) is 21.2. The number of benzene rings is 2. The molecule has 1 aliphatic heterocycles. The molecule has 0 unspecified atom stereocenters. The van der Waals surface area contributed by atoms with E-state index in [-0.39, 0.29) is 11.8 Å². The van der Waals surface area contributed by atoms with Gasteiger partial charge in [0.2, 0.25) is 0 Å². The van der Waals surface area contributed by atoms with Crippen molar-refractivity contribution in [1.29, 1.82) is 0 Å². The fourth-order valence-corrected chi connectivity index (χ4v) is 4.15. The monoisotopic (exact) mass is 422 g/mol. The highest BCUT2D eigenvalue weighted by molar-refractivity contribution is 5.89. The van der Waals surface area contributed by atoms with Crippen LogP contribution < -0.4 is 0 Å². The van der Waals surface area contributed by atoms with Gasteiger partial charge in [0.25, 0.3) is 0 Å². The summed E-state index contributed by atoms with van der Waals surface area (Å²) in [5.41, 5.74) is 4.59. The van der Waals surface area contributed by atoms with Crippen molar-refractivity contribution in [3.63, 3.8) is 0 Å². The van der Waals surface area contributed by atoms with Crippen molar-refractivity contribution in [3.05, 3.63) is 77.3 Å². The molecule has 1 aliphatic rings. The Balaban J connectivity index is 1.29. The Bertz CT molecular complexity index is 990. The number of nitrogens with zero attached hydrogens (tertiary/aromatic N) is 2. The van der Waals surface area contributed by atoms with Gasteiger partial charge in [0.05, 0.1) is 12.2 Å². The number of ether oxygens (including phenoxy) is 1. The van der Waals surface area contributed by atoms with Gasteiger partial charge < -0.3 is 14.2 Å². The third-order valence-electron chi connectivity index (χ3n) is 5.94. The van der Waals surface area contributed by atoms with Crippen molar-refractivity contribution in [2.24, 2.45) is 0 Å². The fraction of sp³-hybridized carbons (Fsp3) is 0.360. The number of rotatable bonds is 7. The van der Waals surface area contributed by atoms with Gasteiger partial charge in [-0.1, -0.05) is 17.3 Å². The third-order valence-corrected chi connectivity index (χ3v) is 5.94. The van der Waals surface area contributed by atoms with Gasteiger partial charge in [0.15, 0.2) is 0 Å². The Labute approximate surface area is 181 Å². The minimum absolute atomic E-state index is 0.257. The van der Waals surface area contributed by atoms with Crippen LogP contribution in [0.25, 0.3) is 11.3 Å². The van der Waals surface area contributed by atoms with Gasteiger partial charge in [-0.25, -0.2) is 9.18 Å². The second-order valence-corrected chi connectivity index (χ2v) is 7.90. The van der Waals surface area contributed by atoms with Crippen molar-refractivity contribution < 1.29 is 18.4 Å². The van der Waals surface area contributed by atoms with Crippen molar-refractivity contribution in [2.45, 2.75) is 32.1 Å². The molecular weight excluding hydrogens is 395 g/mol. The summed E-state index contributed by atoms with van der Waals surface area (Å²) in [5.74, 6) is -0.0114. The first-order valence-electron chi connectivity index (χ1n) is 10.8. The fourth-order valence-electron chi connectivity index (χ4n) is 4.15. The Hall–Kier alpha value is -2.99. The number of aromatic nitrogens is 1. The van der Waals surface area contributed by atoms with Gasteiger partial charge in [0, 0.05) is 17.7 Å². The van der Waals surface area contributed by atoms with E-state index in [1.807, 2.05) is 19.1 Å². The highest BCUT2D eigenvalue weighted by Crippen LogP contribution is 2.29. The number of carbonyl (C=O) groups is 1. The Morgan fingerprint density at radius 2 is 1.84 bits per heavy atom. The van der Waals surface area contributed by atoms with E-state index in [1.165, 1.54) is 17.7 Å². The SMILES string of the molecule is CCOC(=O)c1ccc(C2CCN(CCc3conc3-c3ccc(F)cc3)CC2)cc1. The third kappa shape index (κ3) is 5.20. The maximum absolute atomic E-state index is 13.2. The zero-order chi connectivity index (χ0) is 21.6. The second kappa shape index (κ2) is 9.88. The van der Waals surface area contributed by atoms with Crippen LogP contribution in [0.15, 0.2) is 59.3 Å². The molecule has 2 heterocycles. The van der Waals surface area contributed by atoms with Crippen LogP contribution in [0.5, 0.6) is 0 Å². The highest BCUT2D eigenvalue weighted by Gasteiger charge is 2.21. The first-order valence-corrected chi connectivity index (χ1v) is 10.8. The molecule has 31 heavy (non-hydrogen) atoms. The Morgan fingerprint density at radius 1 is 1.13 bits per heavy atom. The van der Waals surface area contributed by atoms with Crippen LogP contribution in [0.2, 0.25) is 0 Å². The largest absolute Gasteiger partial charge is 0.462 e. The van der Waals surface area contributed by atoms with Gasteiger partial charge in [-0.15, -0.1) is 0 Å². The van der Waals surface area contributed by atoms with Crippen LogP contribution in [0.1, 0.15) is 47.2 Å². The second-order valence-electron chi connectivity index (χ2n) is 7.90. The number of carbonyl (C=O) groups excluding carboxylic acids is 1. The van der Waals surface area contributed by atoms with Crippen LogP contribution in [0.3, 0.4) is 0 Å². The van der Waals surface area contributed by atoms with E-state index in [4.69, 9.17) is 9.26 Å². The maximum atomic E-state index is 13.2. The van der Waals surface area contributed by atoms with Crippen molar-refractivity contribution >= 4 is 5.97 Å². The van der Waals surface area contributed by atoms with E-state index < -0.39 is 0 Å². The molecule has 0 saturated carbocycles. The van der Waals surface area contributed by atoms with Crippen molar-refractivity contribution in [3.8, 4) is 11.3 Å². The lowest BCUT2D eigenvalue weighted by Crippen LogP contribution is -2.34. The van der Waals surface area contributed by atoms with Crippen LogP contribution in [-0.2, 0) is 11.2 Å². The van der Waals surface area contributed by atoms with E-state index in [0.717, 1.165) is 55.7 Å². The minimum atomic E-state index is -0.266. The number of hydrogen-bond donors (Lipinski definition) is 0. The molecule has 162 valence electrons. The zero-order valence-electron chi connectivity index (χ0n) is 17.7. The van der Waals surface area contributed by atoms with E-state index in [9.17, 15) is 9.18 Å². The van der Waals surface area contributed by atoms with Gasteiger partial charge in [-0.3, -0.25) is 0 Å². The summed E-state index contributed by atoms with van der Waals surface area (Å²) in [6.45, 7) is 5.19. The molecule has 0 aliphatic carbocycles. The zero-order valence-corrected chi connectivity index (χ0v) is 17.7. The molecule has 1 fully saturated rings. The molecule has 5 nitrogen and oxygen atoms in total. The van der Waals surface area contributed by atoms with E-state index in [0.29, 0.717) is 18.1 Å². The predicted molar refractivity (Wildman–Crippen MR) is 116 cm³/mol. The number of esters is 1. The number of likely N-dealkylation sites (tertiary alicyclic amines) is 1. The Kier molecular flexibility index (Phi) is 6.77. The van der Waals surface area contributed by atoms with Gasteiger partial charge in [-0.2, -0.15) is 0 Å². The summed E-state index contributed by atoms with van der Waals surface area (Å²) in [4.78, 5) is 14.3. The molecular formula is C25H27FN2O3. The topological polar surface area (TPSA) is 55.6 Å². The average Bonchev–Trinajstić information content (AvgIpc) is 3.27. The normalized spacial score (nSPS) is 15.2. The number of halogens is 1. The van der Waals surface area contributed by atoms with Gasteiger partial charge in [-0.05, 0) is 87.2 Å². The summed E-state index contributed by atoms with van der Waals surface area (Å²) in [5, 5.41) is 4.11. The Morgan fingerprint density at radius 3 is 2.52 bits per heavy atom. The number of piperidine rings is 1. The molecule has 4 rings (SSSR count). The molecule has 0 amide bonds. The summed E-state index contributed by atoms with van der Waals surface area (Å²) < 4.78 is 23.4. The minimum Gasteiger partial charge on any atom is -0.462 e. The first-order chi connectivity index (χ1) is 15.1. The van der Waals surface area contributed by atoms with Crippen molar-refractivity contribution in [2.75, 3.05) is 26.2 Å². The highest BCUT2D eigenvalue weighted by atomic mass is 19.1. The molecule has 2 aromatic carbocycles. The molecule has 0 atom stereocenters. The van der Waals surface area contributed by atoms with E-state index in [2.05, 4.69) is 22.2 Å². The molecule has 0 bridgehead atoms. The summed E-state index contributed by atoms with van der Waals surface area (Å²) in [6, 6.07) is 14.2. The van der Waals surface area contributed by atoms with E-state index >= 15 is 0 Å². The molecule has 3 aromatic rings. The standard InChI is InChI=1S/C25H27FN2O3/c1-2-30-25(29)21-5-3-18(4-6-21)19-11-14-28(15-12-19)16-13-22-17-31-27-24(22)20-7-9-23(26)10-8-20/h3-10,17,19H,2,11-16H2,1H3. The lowest BCUT2D eigenvalue weighted by atomic mass is 9.89. The smallest absolute Gasteiger partial charge is 0.338 e. The summed E-state index contributed by atoms with van der Waals surface area (Å²) in [6.07, 6.45) is 4.71. The summed E-state index contributed by atoms with van der Waals surface area (Å²) in [7, 11) is 0. The van der Waals surface area contributed by atoms with Crippen molar-refractivity contribution in [1.82, 2.24) is 10.1 Å². The van der Waals surface area contributed by atoms with Gasteiger partial charge in [0.1, 0.15) is 17.8 Å². The molecule has 0 radical (unpaired) electrons. The van der Waals surface area contributed by atoms with E-state index in [1.54, 1.807) is 18.4 Å². The van der Waals surface area contributed by atoms with Gasteiger partial charge >= 0.3 is 5.97 Å². The lowest BCUT2D eigenvalue weighted by Gasteiger charge is -2.32. The molecule has 0 N–H and O–H groups in total. The van der Waals surface area contributed by atoms with Crippen LogP contribution in [0, 0.1) is 5.82 Å². The van der Waals surface area contributed by atoms with Crippen LogP contribution >= 0.6 is 0 Å². The quantitative estimate of drug-likeness (QED) is 0.497. The predicted octanol–water partition coefficient (Wildman–Crippen LogP) is 5.08. The van der Waals surface area contributed by atoms with Crippen LogP contribution in [-0.4, -0.2) is 42.3 Å². The van der Waals surface area contributed by atoms with Crippen LogP contribution in [0.4, 0.5) is 4.39 Å². The average molecular weight is 423 g/mol.